The van der Waals surface area contributed by atoms with E-state index in [1.54, 1.807) is 37.3 Å². The largest absolute Gasteiger partial charge is 0.495 e. The predicted molar refractivity (Wildman–Crippen MR) is 159 cm³/mol. The lowest BCUT2D eigenvalue weighted by atomic mass is 10.0. The number of nitrogens with zero attached hydrogens (tertiary/aromatic N) is 2. The van der Waals surface area contributed by atoms with Gasteiger partial charge in [-0.25, -0.2) is 16.8 Å². The molecular weight excluding hydrogens is 564 g/mol. The molecule has 3 atom stereocenters. The maximum absolute atomic E-state index is 13.8. The smallest absolute Gasteiger partial charge is 0.247 e. The molecule has 3 aromatic rings. The number of sulfonamides is 2. The predicted octanol–water partition coefficient (Wildman–Crippen LogP) is 3.95. The van der Waals surface area contributed by atoms with Gasteiger partial charge in [0.2, 0.25) is 20.0 Å². The summed E-state index contributed by atoms with van der Waals surface area (Å²) in [6, 6.07) is 20.2. The summed E-state index contributed by atoms with van der Waals surface area (Å²) in [4.78, 5) is -0.0165. The Bertz CT molecular complexity index is 1590. The van der Waals surface area contributed by atoms with Crippen molar-refractivity contribution >= 4 is 32.2 Å². The second-order valence-corrected chi connectivity index (χ2v) is 14.0. The Labute approximate surface area is 242 Å². The number of aliphatic hydroxyl groups excluding tert-OH is 1. The SMILES string of the molecule is COc1ccccc1S(=O)(=O)N(C)C[C@@H]1Oc2cc(/C=C/c3ccccc3)ccc2S(=O)(=O)N([C@@H](C)CO)C[C@@H]1C. The number of rotatable bonds is 9. The quantitative estimate of drug-likeness (QED) is 0.370. The zero-order valence-corrected chi connectivity index (χ0v) is 25.2. The Morgan fingerprint density at radius 1 is 1.07 bits per heavy atom. The number of aliphatic hydroxyl groups is 1. The molecule has 1 aliphatic rings. The Kier molecular flexibility index (Phi) is 9.55. The Morgan fingerprint density at radius 3 is 2.41 bits per heavy atom. The summed E-state index contributed by atoms with van der Waals surface area (Å²) in [6.07, 6.45) is 3.06. The van der Waals surface area contributed by atoms with E-state index in [4.69, 9.17) is 9.47 Å². The molecule has 0 fully saturated rings. The number of methoxy groups -OCH3 is 1. The molecule has 9 nitrogen and oxygen atoms in total. The molecule has 3 aromatic carbocycles. The van der Waals surface area contributed by atoms with E-state index in [0.717, 1.165) is 5.56 Å². The fourth-order valence-electron chi connectivity index (χ4n) is 4.67. The molecule has 11 heteroatoms. The lowest BCUT2D eigenvalue weighted by Crippen LogP contribution is -2.50. The van der Waals surface area contributed by atoms with Crippen LogP contribution in [0, 0.1) is 5.92 Å². The van der Waals surface area contributed by atoms with Crippen LogP contribution in [0.25, 0.3) is 12.2 Å². The maximum Gasteiger partial charge on any atom is 0.247 e. The fourth-order valence-corrected chi connectivity index (χ4v) is 7.83. The second-order valence-electron chi connectivity index (χ2n) is 10.1. The molecule has 220 valence electrons. The van der Waals surface area contributed by atoms with Crippen LogP contribution in [0.5, 0.6) is 11.5 Å². The standard InChI is InChI=1S/C30H36N2O7S2/c1-22-19-32(23(2)21-33)41(36,37)30-17-16-25(15-14-24-10-6-5-7-11-24)18-27(30)39-28(22)20-31(3)40(34,35)29-13-9-8-12-26(29)38-4/h5-18,22-23,28,33H,19-21H2,1-4H3/b15-14+/t22-,23-,28-/m0/s1. The molecule has 0 bridgehead atoms. The van der Waals surface area contributed by atoms with E-state index in [1.165, 1.54) is 34.9 Å². The second kappa shape index (κ2) is 12.7. The Balaban J connectivity index is 1.74. The molecule has 0 spiro atoms. The summed E-state index contributed by atoms with van der Waals surface area (Å²) in [5.74, 6) is -0.0824. The summed E-state index contributed by atoms with van der Waals surface area (Å²) in [5.41, 5.74) is 1.69. The lowest BCUT2D eigenvalue weighted by Gasteiger charge is -2.37. The van der Waals surface area contributed by atoms with Crippen molar-refractivity contribution in [2.45, 2.75) is 35.8 Å². The van der Waals surface area contributed by atoms with Crippen LogP contribution >= 0.6 is 0 Å². The molecule has 0 aliphatic carbocycles. The van der Waals surface area contributed by atoms with Crippen LogP contribution in [0.1, 0.15) is 25.0 Å². The maximum atomic E-state index is 13.8. The molecule has 0 unspecified atom stereocenters. The molecule has 0 saturated heterocycles. The molecule has 41 heavy (non-hydrogen) atoms. The molecule has 4 rings (SSSR count). The third-order valence-corrected chi connectivity index (χ3v) is 11.0. The zero-order chi connectivity index (χ0) is 29.8. The molecule has 1 aliphatic heterocycles. The topological polar surface area (TPSA) is 113 Å². The molecule has 1 heterocycles. The minimum Gasteiger partial charge on any atom is -0.495 e. The molecule has 1 N–H and O–H groups in total. The monoisotopic (exact) mass is 600 g/mol. The third kappa shape index (κ3) is 6.65. The van der Waals surface area contributed by atoms with Gasteiger partial charge >= 0.3 is 0 Å². The van der Waals surface area contributed by atoms with Gasteiger partial charge in [0.15, 0.2) is 0 Å². The van der Waals surface area contributed by atoms with Crippen molar-refractivity contribution in [2.75, 3.05) is 33.9 Å². The molecular formula is C30H36N2O7S2. The average Bonchev–Trinajstić information content (AvgIpc) is 2.97. The van der Waals surface area contributed by atoms with Gasteiger partial charge in [0.25, 0.3) is 0 Å². The zero-order valence-electron chi connectivity index (χ0n) is 23.5. The van der Waals surface area contributed by atoms with Gasteiger partial charge < -0.3 is 14.6 Å². The summed E-state index contributed by atoms with van der Waals surface area (Å²) in [7, 11) is -5.12. The van der Waals surface area contributed by atoms with Gasteiger partial charge in [-0.15, -0.1) is 0 Å². The average molecular weight is 601 g/mol. The van der Waals surface area contributed by atoms with Gasteiger partial charge in [-0.05, 0) is 42.3 Å². The van der Waals surface area contributed by atoms with Crippen LogP contribution in [-0.4, -0.2) is 76.6 Å². The lowest BCUT2D eigenvalue weighted by molar-refractivity contribution is 0.0904. The van der Waals surface area contributed by atoms with Crippen molar-refractivity contribution in [3.05, 3.63) is 83.9 Å². The first-order valence-electron chi connectivity index (χ1n) is 13.2. The van der Waals surface area contributed by atoms with Gasteiger partial charge in [0, 0.05) is 25.6 Å². The van der Waals surface area contributed by atoms with E-state index in [-0.39, 0.29) is 41.0 Å². The normalized spacial score (nSPS) is 20.1. The van der Waals surface area contributed by atoms with Crippen LogP contribution in [0.15, 0.2) is 82.6 Å². The highest BCUT2D eigenvalue weighted by atomic mass is 32.2. The van der Waals surface area contributed by atoms with Crippen molar-refractivity contribution in [3.63, 3.8) is 0 Å². The van der Waals surface area contributed by atoms with Crippen molar-refractivity contribution in [1.82, 2.24) is 8.61 Å². The first-order valence-corrected chi connectivity index (χ1v) is 16.1. The van der Waals surface area contributed by atoms with E-state index in [2.05, 4.69) is 0 Å². The number of hydrogen-bond donors (Lipinski definition) is 1. The van der Waals surface area contributed by atoms with Gasteiger partial charge in [-0.2, -0.15) is 8.61 Å². The van der Waals surface area contributed by atoms with Crippen molar-refractivity contribution in [3.8, 4) is 11.5 Å². The third-order valence-electron chi connectivity index (χ3n) is 7.15. The molecule has 0 amide bonds. The highest BCUT2D eigenvalue weighted by Crippen LogP contribution is 2.35. The summed E-state index contributed by atoms with van der Waals surface area (Å²) >= 11 is 0. The number of benzene rings is 3. The van der Waals surface area contributed by atoms with Crippen LogP contribution < -0.4 is 9.47 Å². The van der Waals surface area contributed by atoms with Crippen LogP contribution in [-0.2, 0) is 20.0 Å². The first-order chi connectivity index (χ1) is 19.5. The summed E-state index contributed by atoms with van der Waals surface area (Å²) in [6.45, 7) is 3.06. The minimum atomic E-state index is -4.03. The van der Waals surface area contributed by atoms with Gasteiger partial charge in [0.05, 0.1) is 20.3 Å². The van der Waals surface area contributed by atoms with Crippen molar-refractivity contribution in [1.29, 1.82) is 0 Å². The Hall–Kier alpha value is -3.22. The van der Waals surface area contributed by atoms with Crippen LogP contribution in [0.2, 0.25) is 0 Å². The van der Waals surface area contributed by atoms with Gasteiger partial charge in [-0.3, -0.25) is 0 Å². The van der Waals surface area contributed by atoms with Gasteiger partial charge in [-0.1, -0.05) is 67.6 Å². The van der Waals surface area contributed by atoms with E-state index >= 15 is 0 Å². The van der Waals surface area contributed by atoms with E-state index in [0.29, 0.717) is 5.56 Å². The molecule has 0 radical (unpaired) electrons. The highest BCUT2D eigenvalue weighted by molar-refractivity contribution is 7.89. The number of likely N-dealkylation sites (N-methyl/N-ethyl adjacent to an activating group) is 1. The minimum absolute atomic E-state index is 0.0235. The van der Waals surface area contributed by atoms with Gasteiger partial charge in [0.1, 0.15) is 27.4 Å². The van der Waals surface area contributed by atoms with Crippen molar-refractivity contribution < 1.29 is 31.4 Å². The number of para-hydroxylation sites is 1. The summed E-state index contributed by atoms with van der Waals surface area (Å²) < 4.78 is 68.7. The van der Waals surface area contributed by atoms with E-state index < -0.39 is 38.1 Å². The Morgan fingerprint density at radius 2 is 1.73 bits per heavy atom. The van der Waals surface area contributed by atoms with E-state index in [1.807, 2.05) is 49.4 Å². The molecule has 0 saturated carbocycles. The number of fused-ring (bicyclic) bond motifs is 1. The van der Waals surface area contributed by atoms with Crippen LogP contribution in [0.3, 0.4) is 0 Å². The fraction of sp³-hybridized carbons (Fsp3) is 0.333. The number of ether oxygens (including phenoxy) is 2. The van der Waals surface area contributed by atoms with Crippen LogP contribution in [0.4, 0.5) is 0 Å². The van der Waals surface area contributed by atoms with Crippen molar-refractivity contribution in [2.24, 2.45) is 5.92 Å². The summed E-state index contributed by atoms with van der Waals surface area (Å²) in [5, 5.41) is 9.89. The van der Waals surface area contributed by atoms with E-state index in [9.17, 15) is 21.9 Å². The number of hydrogen-bond acceptors (Lipinski definition) is 7. The molecule has 0 aromatic heterocycles. The first kappa shape index (κ1) is 30.7. The highest BCUT2D eigenvalue weighted by Gasteiger charge is 2.39.